The number of hydrogen-bond donors (Lipinski definition) is 0. The van der Waals surface area contributed by atoms with Gasteiger partial charge in [0.1, 0.15) is 0 Å². The summed E-state index contributed by atoms with van der Waals surface area (Å²) in [6.45, 7) is 1.26. The summed E-state index contributed by atoms with van der Waals surface area (Å²) in [5.74, 6) is -2.68. The Kier molecular flexibility index (Phi) is 4.12. The van der Waals surface area contributed by atoms with Crippen LogP contribution in [-0.2, 0) is 17.1 Å². The van der Waals surface area contributed by atoms with Crippen molar-refractivity contribution >= 4 is 5.97 Å². The van der Waals surface area contributed by atoms with E-state index in [1.807, 2.05) is 0 Å². The zero-order valence-corrected chi connectivity index (χ0v) is 9.52. The number of esters is 1. The second-order valence-electron chi connectivity index (χ2n) is 3.51. The first-order valence-corrected chi connectivity index (χ1v) is 5.05. The molecule has 0 fully saturated rings. The average Bonchev–Trinajstić information content (AvgIpc) is 2.26. The number of ether oxygens (including phenoxy) is 1. The fraction of sp³-hybridized carbons (Fsp3) is 0.364. The molecular formula is C11H8F6O2. The minimum Gasteiger partial charge on any atom is -0.425 e. The van der Waals surface area contributed by atoms with Crippen LogP contribution in [-0.4, -0.2) is 5.97 Å². The predicted molar refractivity (Wildman–Crippen MR) is 52.4 cm³/mol. The normalized spacial score (nSPS) is 12.4. The standard InChI is InChI=1S/C11H8F6O2/c1-2-8(18)19-9-6(10(12,13)14)4-3-5-7(9)11(15,16)17/h3-5H,2H2,1H3. The molecule has 0 heterocycles. The van der Waals surface area contributed by atoms with Gasteiger partial charge in [0, 0.05) is 6.42 Å². The number of hydrogen-bond acceptors (Lipinski definition) is 2. The van der Waals surface area contributed by atoms with Gasteiger partial charge in [0.2, 0.25) is 0 Å². The Hall–Kier alpha value is -1.73. The topological polar surface area (TPSA) is 26.3 Å². The van der Waals surface area contributed by atoms with Crippen LogP contribution in [0.4, 0.5) is 26.3 Å². The Balaban J connectivity index is 3.45. The Morgan fingerprint density at radius 3 is 1.79 bits per heavy atom. The van der Waals surface area contributed by atoms with E-state index < -0.39 is 35.2 Å². The van der Waals surface area contributed by atoms with E-state index in [-0.39, 0.29) is 6.42 Å². The molecule has 8 heteroatoms. The molecule has 106 valence electrons. The molecule has 1 aromatic rings. The summed E-state index contributed by atoms with van der Waals surface area (Å²) in [6, 6.07) is 1.45. The highest BCUT2D eigenvalue weighted by molar-refractivity contribution is 5.73. The smallest absolute Gasteiger partial charge is 0.420 e. The quantitative estimate of drug-likeness (QED) is 0.466. The van der Waals surface area contributed by atoms with Crippen LogP contribution < -0.4 is 4.74 Å². The molecule has 0 aliphatic carbocycles. The van der Waals surface area contributed by atoms with Crippen LogP contribution in [0.5, 0.6) is 5.75 Å². The Labute approximate surface area is 104 Å². The SMILES string of the molecule is CCC(=O)Oc1c(C(F)(F)F)cccc1C(F)(F)F. The van der Waals surface area contributed by atoms with Gasteiger partial charge >= 0.3 is 18.3 Å². The van der Waals surface area contributed by atoms with Crippen molar-refractivity contribution in [2.45, 2.75) is 25.7 Å². The number of rotatable bonds is 2. The molecule has 0 amide bonds. The molecule has 0 saturated heterocycles. The second kappa shape index (κ2) is 5.10. The van der Waals surface area contributed by atoms with E-state index >= 15 is 0 Å². The maximum Gasteiger partial charge on any atom is 0.420 e. The van der Waals surface area contributed by atoms with E-state index in [1.165, 1.54) is 6.92 Å². The minimum atomic E-state index is -5.05. The first-order valence-electron chi connectivity index (χ1n) is 5.05. The molecule has 0 N–H and O–H groups in total. The van der Waals surface area contributed by atoms with Crippen molar-refractivity contribution in [2.75, 3.05) is 0 Å². The molecule has 0 aromatic heterocycles. The molecule has 0 saturated carbocycles. The maximum atomic E-state index is 12.6. The van der Waals surface area contributed by atoms with Crippen LogP contribution in [0.15, 0.2) is 18.2 Å². The van der Waals surface area contributed by atoms with Crippen molar-refractivity contribution in [3.05, 3.63) is 29.3 Å². The van der Waals surface area contributed by atoms with Crippen LogP contribution in [0.2, 0.25) is 0 Å². The van der Waals surface area contributed by atoms with E-state index in [0.717, 1.165) is 0 Å². The number of halogens is 6. The molecule has 1 aromatic carbocycles. The van der Waals surface area contributed by atoms with Crippen LogP contribution >= 0.6 is 0 Å². The molecule has 0 aliphatic heterocycles. The summed E-state index contributed by atoms with van der Waals surface area (Å²) in [7, 11) is 0. The van der Waals surface area contributed by atoms with Gasteiger partial charge in [0.15, 0.2) is 5.75 Å². The molecule has 0 unspecified atom stereocenters. The molecule has 1 rings (SSSR count). The Bertz CT molecular complexity index is 443. The highest BCUT2D eigenvalue weighted by Gasteiger charge is 2.42. The summed E-state index contributed by atoms with van der Waals surface area (Å²) in [5, 5.41) is 0. The van der Waals surface area contributed by atoms with Gasteiger partial charge in [-0.1, -0.05) is 13.0 Å². The van der Waals surface area contributed by atoms with E-state index in [9.17, 15) is 31.1 Å². The van der Waals surface area contributed by atoms with Crippen molar-refractivity contribution in [3.63, 3.8) is 0 Å². The third-order valence-electron chi connectivity index (χ3n) is 2.13. The zero-order chi connectivity index (χ0) is 14.8. The molecule has 19 heavy (non-hydrogen) atoms. The molecule has 0 spiro atoms. The van der Waals surface area contributed by atoms with E-state index in [2.05, 4.69) is 4.74 Å². The third-order valence-corrected chi connectivity index (χ3v) is 2.13. The van der Waals surface area contributed by atoms with Gasteiger partial charge in [-0.15, -0.1) is 0 Å². The van der Waals surface area contributed by atoms with Crippen molar-refractivity contribution in [3.8, 4) is 5.75 Å². The van der Waals surface area contributed by atoms with Gasteiger partial charge in [-0.2, -0.15) is 26.3 Å². The Morgan fingerprint density at radius 1 is 1.05 bits per heavy atom. The van der Waals surface area contributed by atoms with Crippen molar-refractivity contribution < 1.29 is 35.9 Å². The lowest BCUT2D eigenvalue weighted by Gasteiger charge is -2.17. The molecular weight excluding hydrogens is 278 g/mol. The predicted octanol–water partition coefficient (Wildman–Crippen LogP) is 4.04. The number of carbonyl (C=O) groups is 1. The van der Waals surface area contributed by atoms with Crippen LogP contribution in [0.1, 0.15) is 24.5 Å². The highest BCUT2D eigenvalue weighted by atomic mass is 19.4. The zero-order valence-electron chi connectivity index (χ0n) is 9.52. The fourth-order valence-electron chi connectivity index (χ4n) is 1.28. The molecule has 0 atom stereocenters. The monoisotopic (exact) mass is 286 g/mol. The number of alkyl halides is 6. The van der Waals surface area contributed by atoms with Crippen molar-refractivity contribution in [1.82, 2.24) is 0 Å². The average molecular weight is 286 g/mol. The Morgan fingerprint density at radius 2 is 1.47 bits per heavy atom. The number of benzene rings is 1. The summed E-state index contributed by atoms with van der Waals surface area (Å²) >= 11 is 0. The van der Waals surface area contributed by atoms with E-state index in [4.69, 9.17) is 0 Å². The van der Waals surface area contributed by atoms with Crippen LogP contribution in [0.25, 0.3) is 0 Å². The highest BCUT2D eigenvalue weighted by Crippen LogP contribution is 2.44. The number of carbonyl (C=O) groups excluding carboxylic acids is 1. The maximum absolute atomic E-state index is 12.6. The van der Waals surface area contributed by atoms with E-state index in [0.29, 0.717) is 18.2 Å². The van der Waals surface area contributed by atoms with Gasteiger partial charge in [-0.05, 0) is 12.1 Å². The van der Waals surface area contributed by atoms with E-state index in [1.54, 1.807) is 0 Å². The molecule has 0 aliphatic rings. The lowest BCUT2D eigenvalue weighted by atomic mass is 10.1. The summed E-state index contributed by atoms with van der Waals surface area (Å²) in [4.78, 5) is 11.0. The first kappa shape index (κ1) is 15.3. The fourth-order valence-corrected chi connectivity index (χ4v) is 1.28. The summed E-state index contributed by atoms with van der Waals surface area (Å²) in [5.41, 5.74) is -3.27. The molecule has 0 bridgehead atoms. The summed E-state index contributed by atoms with van der Waals surface area (Å²) < 4.78 is 79.9. The largest absolute Gasteiger partial charge is 0.425 e. The van der Waals surface area contributed by atoms with Gasteiger partial charge in [0.25, 0.3) is 0 Å². The van der Waals surface area contributed by atoms with Crippen LogP contribution in [0, 0.1) is 0 Å². The second-order valence-corrected chi connectivity index (χ2v) is 3.51. The molecule has 0 radical (unpaired) electrons. The van der Waals surface area contributed by atoms with Gasteiger partial charge in [-0.25, -0.2) is 0 Å². The minimum absolute atomic E-state index is 0.344. The lowest BCUT2D eigenvalue weighted by Crippen LogP contribution is -2.17. The van der Waals surface area contributed by atoms with Gasteiger partial charge in [0.05, 0.1) is 11.1 Å². The number of para-hydroxylation sites is 1. The van der Waals surface area contributed by atoms with Gasteiger partial charge in [-0.3, -0.25) is 4.79 Å². The third kappa shape index (κ3) is 3.62. The summed E-state index contributed by atoms with van der Waals surface area (Å²) in [6.07, 6.45) is -10.4. The van der Waals surface area contributed by atoms with Gasteiger partial charge < -0.3 is 4.74 Å². The first-order chi connectivity index (χ1) is 8.57. The van der Waals surface area contributed by atoms with Crippen molar-refractivity contribution in [2.24, 2.45) is 0 Å². The lowest BCUT2D eigenvalue weighted by molar-refractivity contribution is -0.148. The van der Waals surface area contributed by atoms with Crippen molar-refractivity contribution in [1.29, 1.82) is 0 Å². The van der Waals surface area contributed by atoms with Crippen LogP contribution in [0.3, 0.4) is 0 Å². The molecule has 2 nitrogen and oxygen atoms in total.